The number of hydrogen-bond donors (Lipinski definition) is 0. The van der Waals surface area contributed by atoms with Crippen LogP contribution in [-0.4, -0.2) is 24.8 Å². The fourth-order valence-electron chi connectivity index (χ4n) is 0.554. The summed E-state index contributed by atoms with van der Waals surface area (Å²) in [5.41, 5.74) is 0. The van der Waals surface area contributed by atoms with E-state index in [1.165, 1.54) is 0 Å². The first-order valence-corrected chi connectivity index (χ1v) is 2.59. The molecule has 8 heavy (non-hydrogen) atoms. The molecule has 0 bridgehead atoms. The predicted octanol–water partition coefficient (Wildman–Crippen LogP) is 0.351. The van der Waals surface area contributed by atoms with Crippen LogP contribution in [0.4, 0.5) is 0 Å². The first kappa shape index (κ1) is 5.75. The van der Waals surface area contributed by atoms with Crippen molar-refractivity contribution in [1.29, 1.82) is 0 Å². The summed E-state index contributed by atoms with van der Waals surface area (Å²) in [7, 11) is 0. The minimum absolute atomic E-state index is 0.661. The molecule has 0 N–H and O–H groups in total. The highest BCUT2D eigenvalue weighted by Crippen LogP contribution is 1.98. The SMILES string of the molecule is C=CCN1CCOO1. The Kier molecular flexibility index (Phi) is 2.02. The Hall–Kier alpha value is -0.380. The summed E-state index contributed by atoms with van der Waals surface area (Å²) in [5, 5.41) is 1.70. The van der Waals surface area contributed by atoms with Gasteiger partial charge in [-0.3, -0.25) is 0 Å². The van der Waals surface area contributed by atoms with Crippen molar-refractivity contribution >= 4 is 0 Å². The number of rotatable bonds is 2. The molecule has 1 aliphatic heterocycles. The summed E-state index contributed by atoms with van der Waals surface area (Å²) in [5.74, 6) is 0. The van der Waals surface area contributed by atoms with Gasteiger partial charge in [-0.25, -0.2) is 4.89 Å². The lowest BCUT2D eigenvalue weighted by Crippen LogP contribution is -2.17. The van der Waals surface area contributed by atoms with Crippen molar-refractivity contribution in [1.82, 2.24) is 5.06 Å². The zero-order valence-electron chi connectivity index (χ0n) is 4.67. The Morgan fingerprint density at radius 2 is 2.62 bits per heavy atom. The Bertz CT molecular complexity index is 78.5. The molecule has 0 aromatic heterocycles. The molecular weight excluding hydrogens is 106 g/mol. The highest BCUT2D eigenvalue weighted by molar-refractivity contribution is 4.69. The van der Waals surface area contributed by atoms with E-state index in [-0.39, 0.29) is 0 Å². The van der Waals surface area contributed by atoms with Gasteiger partial charge in [0.25, 0.3) is 0 Å². The standard InChI is InChI=1S/C5H9NO2/c1-2-3-6-4-5-7-8-6/h2H,1,3-5H2. The third-order valence-corrected chi connectivity index (χ3v) is 0.915. The summed E-state index contributed by atoms with van der Waals surface area (Å²) >= 11 is 0. The summed E-state index contributed by atoms with van der Waals surface area (Å²) < 4.78 is 0. The van der Waals surface area contributed by atoms with Gasteiger partial charge in [0.2, 0.25) is 0 Å². The molecule has 0 aliphatic carbocycles. The molecule has 46 valence electrons. The molecular formula is C5H9NO2. The van der Waals surface area contributed by atoms with Crippen molar-refractivity contribution in [3.05, 3.63) is 12.7 Å². The van der Waals surface area contributed by atoms with Gasteiger partial charge in [-0.2, -0.15) is 5.06 Å². The number of hydroxylamine groups is 2. The Labute approximate surface area is 48.4 Å². The van der Waals surface area contributed by atoms with E-state index in [1.54, 1.807) is 11.1 Å². The van der Waals surface area contributed by atoms with E-state index in [1.807, 2.05) is 0 Å². The third-order valence-electron chi connectivity index (χ3n) is 0.915. The molecule has 0 aromatic carbocycles. The van der Waals surface area contributed by atoms with Gasteiger partial charge in [-0.1, -0.05) is 6.08 Å². The zero-order chi connectivity index (χ0) is 5.82. The Morgan fingerprint density at radius 3 is 3.12 bits per heavy atom. The lowest BCUT2D eigenvalue weighted by Gasteiger charge is -2.04. The van der Waals surface area contributed by atoms with Crippen LogP contribution in [0, 0.1) is 0 Å². The van der Waals surface area contributed by atoms with Crippen molar-refractivity contribution in [2.45, 2.75) is 0 Å². The van der Waals surface area contributed by atoms with Crippen molar-refractivity contribution in [2.75, 3.05) is 19.7 Å². The molecule has 0 saturated carbocycles. The maximum absolute atomic E-state index is 4.66. The van der Waals surface area contributed by atoms with Crippen LogP contribution in [0.1, 0.15) is 0 Å². The van der Waals surface area contributed by atoms with Gasteiger partial charge < -0.3 is 0 Å². The van der Waals surface area contributed by atoms with Crippen molar-refractivity contribution in [3.63, 3.8) is 0 Å². The van der Waals surface area contributed by atoms with Gasteiger partial charge in [-0.05, 0) is 0 Å². The van der Waals surface area contributed by atoms with Gasteiger partial charge in [-0.15, -0.1) is 11.6 Å². The molecule has 1 heterocycles. The fourth-order valence-corrected chi connectivity index (χ4v) is 0.554. The molecule has 0 atom stereocenters. The molecule has 0 radical (unpaired) electrons. The largest absolute Gasteiger partial charge is 0.216 e. The van der Waals surface area contributed by atoms with E-state index < -0.39 is 0 Å². The van der Waals surface area contributed by atoms with Gasteiger partial charge >= 0.3 is 0 Å². The van der Waals surface area contributed by atoms with Crippen LogP contribution >= 0.6 is 0 Å². The first-order chi connectivity index (χ1) is 3.93. The van der Waals surface area contributed by atoms with Crippen LogP contribution < -0.4 is 0 Å². The first-order valence-electron chi connectivity index (χ1n) is 2.59. The van der Waals surface area contributed by atoms with Gasteiger partial charge in [0.1, 0.15) is 0 Å². The highest BCUT2D eigenvalue weighted by atomic mass is 17.3. The molecule has 1 rings (SSSR count). The predicted molar refractivity (Wildman–Crippen MR) is 28.8 cm³/mol. The summed E-state index contributed by atoms with van der Waals surface area (Å²) in [6.07, 6.45) is 1.77. The zero-order valence-corrected chi connectivity index (χ0v) is 4.67. The summed E-state index contributed by atoms with van der Waals surface area (Å²) in [4.78, 5) is 9.24. The molecule has 1 fully saturated rings. The lowest BCUT2D eigenvalue weighted by atomic mass is 10.6. The normalized spacial score (nSPS) is 21.5. The maximum Gasteiger partial charge on any atom is 0.0993 e. The van der Waals surface area contributed by atoms with Crippen LogP contribution in [0.5, 0.6) is 0 Å². The molecule has 1 aliphatic rings. The summed E-state index contributed by atoms with van der Waals surface area (Å²) in [6.45, 7) is 5.78. The molecule has 0 aromatic rings. The molecule has 3 nitrogen and oxygen atoms in total. The van der Waals surface area contributed by atoms with E-state index in [4.69, 9.17) is 0 Å². The minimum atomic E-state index is 0.661. The third kappa shape index (κ3) is 1.30. The lowest BCUT2D eigenvalue weighted by molar-refractivity contribution is -0.367. The van der Waals surface area contributed by atoms with Crippen LogP contribution in [0.2, 0.25) is 0 Å². The van der Waals surface area contributed by atoms with Crippen molar-refractivity contribution in [3.8, 4) is 0 Å². The Balaban J connectivity index is 2.14. The van der Waals surface area contributed by atoms with Gasteiger partial charge in [0.05, 0.1) is 13.2 Å². The molecule has 1 saturated heterocycles. The van der Waals surface area contributed by atoms with Crippen LogP contribution in [0.25, 0.3) is 0 Å². The smallest absolute Gasteiger partial charge is 0.0993 e. The Morgan fingerprint density at radius 1 is 1.75 bits per heavy atom. The topological polar surface area (TPSA) is 21.7 Å². The van der Waals surface area contributed by atoms with E-state index in [9.17, 15) is 0 Å². The minimum Gasteiger partial charge on any atom is -0.216 e. The van der Waals surface area contributed by atoms with E-state index in [0.717, 1.165) is 13.1 Å². The van der Waals surface area contributed by atoms with E-state index in [0.29, 0.717) is 6.61 Å². The van der Waals surface area contributed by atoms with Crippen molar-refractivity contribution in [2.24, 2.45) is 0 Å². The second-order valence-corrected chi connectivity index (χ2v) is 1.57. The second kappa shape index (κ2) is 2.81. The van der Waals surface area contributed by atoms with Gasteiger partial charge in [0, 0.05) is 6.54 Å². The highest BCUT2D eigenvalue weighted by Gasteiger charge is 2.10. The average Bonchev–Trinajstić information content (AvgIpc) is 2.19. The maximum atomic E-state index is 4.66. The molecule has 3 heteroatoms. The molecule has 0 spiro atoms. The monoisotopic (exact) mass is 115 g/mol. The van der Waals surface area contributed by atoms with Crippen molar-refractivity contribution < 1.29 is 9.88 Å². The number of nitrogens with zero attached hydrogens (tertiary/aromatic N) is 1. The second-order valence-electron chi connectivity index (χ2n) is 1.57. The average molecular weight is 115 g/mol. The van der Waals surface area contributed by atoms with Crippen LogP contribution in [0.3, 0.4) is 0 Å². The summed E-state index contributed by atoms with van der Waals surface area (Å²) in [6, 6.07) is 0. The van der Waals surface area contributed by atoms with Crippen LogP contribution in [0.15, 0.2) is 12.7 Å². The molecule has 0 unspecified atom stereocenters. The van der Waals surface area contributed by atoms with E-state index >= 15 is 0 Å². The molecule has 0 amide bonds. The fraction of sp³-hybridized carbons (Fsp3) is 0.600. The van der Waals surface area contributed by atoms with Gasteiger partial charge in [0.15, 0.2) is 0 Å². The quantitative estimate of drug-likeness (QED) is 0.383. The van der Waals surface area contributed by atoms with E-state index in [2.05, 4.69) is 16.5 Å². The number of hydrogen-bond acceptors (Lipinski definition) is 3. The van der Waals surface area contributed by atoms with Crippen LogP contribution in [-0.2, 0) is 9.88 Å².